The summed E-state index contributed by atoms with van der Waals surface area (Å²) in [5.41, 5.74) is 10.9. The minimum Gasteiger partial charge on any atom is -0.465 e. The van der Waals surface area contributed by atoms with Crippen LogP contribution in [0.4, 0.5) is 4.79 Å². The van der Waals surface area contributed by atoms with Gasteiger partial charge in [-0.2, -0.15) is 5.10 Å². The van der Waals surface area contributed by atoms with Crippen LogP contribution in [0.5, 0.6) is 0 Å². The third-order valence-electron chi connectivity index (χ3n) is 6.27. The summed E-state index contributed by atoms with van der Waals surface area (Å²) in [6.07, 6.45) is 2.15. The molecule has 2 amide bonds. The summed E-state index contributed by atoms with van der Waals surface area (Å²) >= 11 is 0. The number of amides is 2. The van der Waals surface area contributed by atoms with E-state index in [2.05, 4.69) is 58.3 Å². The molecule has 2 aromatic heterocycles. The highest BCUT2D eigenvalue weighted by Crippen LogP contribution is 2.23. The Bertz CT molecular complexity index is 1350. The number of carbonyl (C=O) groups excluding carboxylic acids is 1. The molecule has 3 N–H and O–H groups in total. The minimum absolute atomic E-state index is 0.255. The summed E-state index contributed by atoms with van der Waals surface area (Å²) in [4.78, 5) is 23.8. The first-order chi connectivity index (χ1) is 15.9. The van der Waals surface area contributed by atoms with Crippen molar-refractivity contribution in [2.45, 2.75) is 19.9 Å². The van der Waals surface area contributed by atoms with Crippen LogP contribution in [0.1, 0.15) is 27.3 Å². The van der Waals surface area contributed by atoms with Gasteiger partial charge in [0.1, 0.15) is 0 Å². The first-order valence-corrected chi connectivity index (χ1v) is 10.9. The first kappa shape index (κ1) is 20.8. The van der Waals surface area contributed by atoms with Gasteiger partial charge in [-0.25, -0.2) is 9.48 Å². The van der Waals surface area contributed by atoms with E-state index in [0.29, 0.717) is 19.0 Å². The number of aromatic nitrogens is 3. The van der Waals surface area contributed by atoms with Crippen LogP contribution in [0.15, 0.2) is 60.8 Å². The van der Waals surface area contributed by atoms with Crippen molar-refractivity contribution < 1.29 is 14.7 Å². The number of nitrogens with two attached hydrogens (primary N) is 1. The van der Waals surface area contributed by atoms with Crippen molar-refractivity contribution >= 4 is 22.9 Å². The van der Waals surface area contributed by atoms with Crippen molar-refractivity contribution in [3.8, 4) is 5.69 Å². The van der Waals surface area contributed by atoms with Gasteiger partial charge >= 0.3 is 6.09 Å². The fourth-order valence-corrected chi connectivity index (χ4v) is 4.48. The Morgan fingerprint density at radius 2 is 1.79 bits per heavy atom. The van der Waals surface area contributed by atoms with Gasteiger partial charge in [0.25, 0.3) is 5.91 Å². The van der Waals surface area contributed by atoms with Crippen molar-refractivity contribution in [3.05, 3.63) is 83.3 Å². The first-order valence-electron chi connectivity index (χ1n) is 10.9. The van der Waals surface area contributed by atoms with E-state index in [1.54, 1.807) is 10.7 Å². The Hall–Kier alpha value is -4.07. The van der Waals surface area contributed by atoms with Gasteiger partial charge in [0.2, 0.25) is 0 Å². The van der Waals surface area contributed by atoms with Crippen molar-refractivity contribution in [2.24, 2.45) is 11.7 Å². The number of benzene rings is 2. The molecule has 8 heteroatoms. The maximum absolute atomic E-state index is 11.4. The summed E-state index contributed by atoms with van der Waals surface area (Å²) in [5, 5.41) is 14.4. The van der Waals surface area contributed by atoms with E-state index in [0.717, 1.165) is 35.2 Å². The number of rotatable bonds is 6. The number of carbonyl (C=O) groups is 2. The highest BCUT2D eigenvalue weighted by Gasteiger charge is 2.30. The predicted molar refractivity (Wildman–Crippen MR) is 125 cm³/mol. The van der Waals surface area contributed by atoms with Gasteiger partial charge in [0.05, 0.1) is 5.69 Å². The SMILES string of the molecule is Cc1cc(C(N)=O)nn1-c1ccc2c(ccn2Cc2ccc(CC3CN(C(=O)O)C3)cc2)c1. The number of nitrogens with zero attached hydrogens (tertiary/aromatic N) is 4. The molecule has 0 unspecified atom stereocenters. The Kier molecular flexibility index (Phi) is 5.12. The number of hydrogen-bond acceptors (Lipinski definition) is 3. The molecule has 0 atom stereocenters. The summed E-state index contributed by atoms with van der Waals surface area (Å²) in [5.74, 6) is -0.128. The second kappa shape index (κ2) is 8.12. The zero-order valence-electron chi connectivity index (χ0n) is 18.3. The Morgan fingerprint density at radius 1 is 1.06 bits per heavy atom. The lowest BCUT2D eigenvalue weighted by Crippen LogP contribution is -2.50. The van der Waals surface area contributed by atoms with Crippen LogP contribution in [0.25, 0.3) is 16.6 Å². The number of primary amides is 1. The number of hydrogen-bond donors (Lipinski definition) is 2. The van der Waals surface area contributed by atoms with E-state index in [9.17, 15) is 9.59 Å². The van der Waals surface area contributed by atoms with Gasteiger partial charge in [0.15, 0.2) is 5.69 Å². The summed E-state index contributed by atoms with van der Waals surface area (Å²) in [6.45, 7) is 3.89. The zero-order chi connectivity index (χ0) is 23.1. The van der Waals surface area contributed by atoms with Crippen LogP contribution in [0.3, 0.4) is 0 Å². The number of carboxylic acid groups (broad SMARTS) is 1. The van der Waals surface area contributed by atoms with E-state index in [1.807, 2.05) is 13.0 Å². The monoisotopic (exact) mass is 443 g/mol. The largest absolute Gasteiger partial charge is 0.465 e. The molecule has 8 nitrogen and oxygen atoms in total. The van der Waals surface area contributed by atoms with Gasteiger partial charge < -0.3 is 20.3 Å². The molecular formula is C25H25N5O3. The average Bonchev–Trinajstić information content (AvgIpc) is 3.34. The molecule has 0 aliphatic carbocycles. The van der Waals surface area contributed by atoms with Crippen molar-refractivity contribution in [2.75, 3.05) is 13.1 Å². The molecule has 2 aromatic carbocycles. The quantitative estimate of drug-likeness (QED) is 0.476. The topological polar surface area (TPSA) is 106 Å². The molecule has 0 radical (unpaired) electrons. The molecule has 0 bridgehead atoms. The second-order valence-electron chi connectivity index (χ2n) is 8.71. The summed E-state index contributed by atoms with van der Waals surface area (Å²) in [6, 6.07) is 18.4. The molecule has 4 aromatic rings. The predicted octanol–water partition coefficient (Wildman–Crippen LogP) is 3.43. The number of likely N-dealkylation sites (tertiary alicyclic amines) is 1. The van der Waals surface area contributed by atoms with Crippen molar-refractivity contribution in [1.82, 2.24) is 19.2 Å². The van der Waals surface area contributed by atoms with Gasteiger partial charge in [-0.05, 0) is 60.7 Å². The lowest BCUT2D eigenvalue weighted by Gasteiger charge is -2.37. The fraction of sp³-hybridized carbons (Fsp3) is 0.240. The van der Waals surface area contributed by atoms with E-state index < -0.39 is 12.0 Å². The molecule has 0 saturated carbocycles. The maximum atomic E-state index is 11.4. The van der Waals surface area contributed by atoms with E-state index in [4.69, 9.17) is 10.8 Å². The van der Waals surface area contributed by atoms with Crippen LogP contribution >= 0.6 is 0 Å². The smallest absolute Gasteiger partial charge is 0.407 e. The van der Waals surface area contributed by atoms with Gasteiger partial charge in [-0.15, -0.1) is 0 Å². The molecule has 1 saturated heterocycles. The van der Waals surface area contributed by atoms with Gasteiger partial charge in [-0.3, -0.25) is 4.79 Å². The van der Waals surface area contributed by atoms with Crippen LogP contribution < -0.4 is 5.73 Å². The summed E-state index contributed by atoms with van der Waals surface area (Å²) < 4.78 is 3.93. The maximum Gasteiger partial charge on any atom is 0.407 e. The van der Waals surface area contributed by atoms with Crippen LogP contribution in [0, 0.1) is 12.8 Å². The van der Waals surface area contributed by atoms with Gasteiger partial charge in [0, 0.05) is 42.4 Å². The van der Waals surface area contributed by atoms with E-state index in [1.165, 1.54) is 16.0 Å². The van der Waals surface area contributed by atoms with Crippen molar-refractivity contribution in [1.29, 1.82) is 0 Å². The molecule has 1 fully saturated rings. The number of aryl methyl sites for hydroxylation is 1. The molecule has 33 heavy (non-hydrogen) atoms. The van der Waals surface area contributed by atoms with Gasteiger partial charge in [-0.1, -0.05) is 24.3 Å². The fourth-order valence-electron chi connectivity index (χ4n) is 4.48. The van der Waals surface area contributed by atoms with E-state index >= 15 is 0 Å². The highest BCUT2D eigenvalue weighted by atomic mass is 16.4. The van der Waals surface area contributed by atoms with Crippen molar-refractivity contribution in [3.63, 3.8) is 0 Å². The molecule has 0 spiro atoms. The third kappa shape index (κ3) is 4.07. The normalized spacial score (nSPS) is 13.9. The number of fused-ring (bicyclic) bond motifs is 1. The Balaban J connectivity index is 1.29. The van der Waals surface area contributed by atoms with Crippen LogP contribution in [-0.4, -0.2) is 49.4 Å². The molecule has 3 heterocycles. The standard InChI is InChI=1S/C25H25N5O3/c1-16-10-22(24(26)31)27-30(16)21-6-7-23-20(12-21)8-9-28(23)13-18-4-2-17(3-5-18)11-19-14-29(15-19)25(32)33/h2-10,12,19H,11,13-15H2,1H3,(H2,26,31)(H,32,33). The van der Waals surface area contributed by atoms with E-state index in [-0.39, 0.29) is 5.69 Å². The zero-order valence-corrected chi connectivity index (χ0v) is 18.3. The highest BCUT2D eigenvalue weighted by molar-refractivity contribution is 5.91. The average molecular weight is 444 g/mol. The second-order valence-corrected chi connectivity index (χ2v) is 8.71. The molecule has 1 aliphatic rings. The Morgan fingerprint density at radius 3 is 2.45 bits per heavy atom. The minimum atomic E-state index is -0.831. The Labute approximate surface area is 190 Å². The molecule has 1 aliphatic heterocycles. The van der Waals surface area contributed by atoms with Crippen LogP contribution in [0.2, 0.25) is 0 Å². The molecule has 5 rings (SSSR count). The van der Waals surface area contributed by atoms with Crippen LogP contribution in [-0.2, 0) is 13.0 Å². The summed E-state index contributed by atoms with van der Waals surface area (Å²) in [7, 11) is 0. The third-order valence-corrected chi connectivity index (χ3v) is 6.27. The molecular weight excluding hydrogens is 418 g/mol. The lowest BCUT2D eigenvalue weighted by atomic mass is 9.92. The molecule has 168 valence electrons. The lowest BCUT2D eigenvalue weighted by molar-refractivity contribution is 0.0819.